The Hall–Kier alpha value is -2.70. The minimum absolute atomic E-state index is 0.0543. The molecule has 0 aliphatic heterocycles. The summed E-state index contributed by atoms with van der Waals surface area (Å²) in [5.41, 5.74) is -1.01. The highest BCUT2D eigenvalue weighted by Gasteiger charge is 2.22. The molecule has 2 aromatic rings. The summed E-state index contributed by atoms with van der Waals surface area (Å²) in [6.45, 7) is 0. The van der Waals surface area contributed by atoms with Crippen LogP contribution in [0.1, 0.15) is 49.0 Å². The van der Waals surface area contributed by atoms with Crippen molar-refractivity contribution < 1.29 is 4.79 Å². The second-order valence-corrected chi connectivity index (χ2v) is 6.40. The molecule has 1 aliphatic rings. The zero-order valence-corrected chi connectivity index (χ0v) is 14.3. The number of para-hydroxylation sites is 1. The van der Waals surface area contributed by atoms with E-state index in [0.29, 0.717) is 5.69 Å². The van der Waals surface area contributed by atoms with Crippen LogP contribution in [0.3, 0.4) is 0 Å². The average Bonchev–Trinajstić information content (AvgIpc) is 2.89. The Labute approximate surface area is 145 Å². The van der Waals surface area contributed by atoms with E-state index in [4.69, 9.17) is 0 Å². The van der Waals surface area contributed by atoms with Crippen LogP contribution in [0.25, 0.3) is 5.69 Å². The predicted molar refractivity (Wildman–Crippen MR) is 94.0 cm³/mol. The molecule has 1 aromatic heterocycles. The van der Waals surface area contributed by atoms with Crippen molar-refractivity contribution in [3.8, 4) is 5.69 Å². The van der Waals surface area contributed by atoms with Crippen molar-refractivity contribution in [1.29, 1.82) is 0 Å². The molecule has 0 radical (unpaired) electrons. The molecule has 7 heteroatoms. The largest absolute Gasteiger partial charge is 0.351 e. The van der Waals surface area contributed by atoms with Crippen LogP contribution in [0, 0.1) is 0 Å². The molecule has 1 saturated carbocycles. The van der Waals surface area contributed by atoms with Crippen molar-refractivity contribution >= 4 is 5.91 Å². The molecule has 0 atom stereocenters. The molecule has 1 N–H and O–H groups in total. The third-order valence-corrected chi connectivity index (χ3v) is 4.58. The van der Waals surface area contributed by atoms with Gasteiger partial charge in [-0.1, -0.05) is 43.9 Å². The highest BCUT2D eigenvalue weighted by molar-refractivity contribution is 5.92. The third kappa shape index (κ3) is 3.70. The van der Waals surface area contributed by atoms with Crippen LogP contribution in [0.5, 0.6) is 0 Å². The lowest BCUT2D eigenvalue weighted by Gasteiger charge is -2.16. The van der Waals surface area contributed by atoms with Gasteiger partial charge in [0.1, 0.15) is 0 Å². The van der Waals surface area contributed by atoms with Gasteiger partial charge >= 0.3 is 5.69 Å². The molecule has 0 unspecified atom stereocenters. The number of hydrogen-bond acceptors (Lipinski definition) is 4. The molecular weight excluding hydrogens is 320 g/mol. The number of benzene rings is 1. The van der Waals surface area contributed by atoms with Gasteiger partial charge in [0.05, 0.1) is 5.69 Å². The minimum atomic E-state index is -0.677. The molecular formula is C18H22N4O3. The number of nitrogens with zero attached hydrogens (tertiary/aromatic N) is 3. The summed E-state index contributed by atoms with van der Waals surface area (Å²) in [6.07, 6.45) is 6.30. The zero-order chi connectivity index (χ0) is 17.8. The van der Waals surface area contributed by atoms with Gasteiger partial charge in [0.25, 0.3) is 11.5 Å². The topological polar surface area (TPSA) is 86.0 Å². The van der Waals surface area contributed by atoms with Gasteiger partial charge in [-0.05, 0) is 25.0 Å². The maximum Gasteiger partial charge on any atom is 0.351 e. The first-order chi connectivity index (χ1) is 12.1. The fraction of sp³-hybridized carbons (Fsp3) is 0.444. The van der Waals surface area contributed by atoms with Crippen LogP contribution in [-0.4, -0.2) is 26.3 Å². The van der Waals surface area contributed by atoms with E-state index in [1.807, 2.05) is 6.07 Å². The van der Waals surface area contributed by atoms with E-state index in [9.17, 15) is 14.4 Å². The van der Waals surface area contributed by atoms with Gasteiger partial charge in [-0.2, -0.15) is 9.78 Å². The summed E-state index contributed by atoms with van der Waals surface area (Å²) in [7, 11) is 1.36. The number of aromatic nitrogens is 3. The standard InChI is InChI=1S/C18H22N4O3/c1-21-17(24)15(16(23)19-13-9-5-2-3-6-10-13)20-22(18(21)25)14-11-7-4-8-12-14/h4,7-8,11-13H,2-3,5-6,9-10H2,1H3,(H,19,23). The Bertz CT molecular complexity index is 862. The maximum absolute atomic E-state index is 12.6. The zero-order valence-electron chi connectivity index (χ0n) is 14.3. The lowest BCUT2D eigenvalue weighted by molar-refractivity contribution is 0.0923. The monoisotopic (exact) mass is 342 g/mol. The summed E-state index contributed by atoms with van der Waals surface area (Å²) in [5, 5.41) is 6.96. The van der Waals surface area contributed by atoms with Gasteiger partial charge in [0, 0.05) is 13.1 Å². The summed E-state index contributed by atoms with van der Waals surface area (Å²) >= 11 is 0. The lowest BCUT2D eigenvalue weighted by atomic mass is 10.1. The Morgan fingerprint density at radius 1 is 1.08 bits per heavy atom. The van der Waals surface area contributed by atoms with Gasteiger partial charge in [-0.3, -0.25) is 14.2 Å². The van der Waals surface area contributed by atoms with E-state index >= 15 is 0 Å². The molecule has 0 spiro atoms. The quantitative estimate of drug-likeness (QED) is 0.854. The summed E-state index contributed by atoms with van der Waals surface area (Å²) < 4.78 is 2.01. The molecule has 1 amide bonds. The lowest BCUT2D eigenvalue weighted by Crippen LogP contribution is -2.46. The summed E-state index contributed by atoms with van der Waals surface area (Å²) in [4.78, 5) is 37.3. The van der Waals surface area contributed by atoms with E-state index in [2.05, 4.69) is 10.4 Å². The van der Waals surface area contributed by atoms with E-state index < -0.39 is 17.2 Å². The number of amides is 1. The van der Waals surface area contributed by atoms with Gasteiger partial charge < -0.3 is 5.32 Å². The third-order valence-electron chi connectivity index (χ3n) is 4.58. The van der Waals surface area contributed by atoms with Crippen molar-refractivity contribution in [2.75, 3.05) is 0 Å². The van der Waals surface area contributed by atoms with Crippen LogP contribution in [0.2, 0.25) is 0 Å². The first-order valence-corrected chi connectivity index (χ1v) is 8.64. The first-order valence-electron chi connectivity index (χ1n) is 8.64. The SMILES string of the molecule is Cn1c(=O)c(C(=O)NC2CCCCCC2)nn(-c2ccccc2)c1=O. The fourth-order valence-electron chi connectivity index (χ4n) is 3.13. The van der Waals surface area contributed by atoms with Crippen LogP contribution in [0.15, 0.2) is 39.9 Å². The van der Waals surface area contributed by atoms with E-state index in [0.717, 1.165) is 34.9 Å². The number of rotatable bonds is 3. The average molecular weight is 342 g/mol. The number of hydrogen-bond donors (Lipinski definition) is 1. The van der Waals surface area contributed by atoms with Crippen LogP contribution < -0.4 is 16.6 Å². The molecule has 1 aromatic carbocycles. The molecule has 7 nitrogen and oxygen atoms in total. The van der Waals surface area contributed by atoms with Crippen molar-refractivity contribution in [2.45, 2.75) is 44.6 Å². The molecule has 25 heavy (non-hydrogen) atoms. The Balaban J connectivity index is 1.95. The van der Waals surface area contributed by atoms with Crippen LogP contribution >= 0.6 is 0 Å². The second kappa shape index (κ2) is 7.46. The van der Waals surface area contributed by atoms with Crippen LogP contribution in [-0.2, 0) is 7.05 Å². The Morgan fingerprint density at radius 2 is 1.72 bits per heavy atom. The Kier molecular flexibility index (Phi) is 5.11. The normalized spacial score (nSPS) is 15.6. The van der Waals surface area contributed by atoms with Crippen molar-refractivity contribution in [2.24, 2.45) is 7.05 Å². The van der Waals surface area contributed by atoms with E-state index in [-0.39, 0.29) is 11.7 Å². The fourth-order valence-corrected chi connectivity index (χ4v) is 3.13. The number of carbonyl (C=O) groups is 1. The Morgan fingerprint density at radius 3 is 2.36 bits per heavy atom. The number of carbonyl (C=O) groups excluding carboxylic acids is 1. The van der Waals surface area contributed by atoms with Crippen molar-refractivity contribution in [1.82, 2.24) is 19.7 Å². The van der Waals surface area contributed by atoms with E-state index in [1.54, 1.807) is 24.3 Å². The van der Waals surface area contributed by atoms with Gasteiger partial charge in [-0.25, -0.2) is 4.79 Å². The van der Waals surface area contributed by atoms with Gasteiger partial charge in [0.15, 0.2) is 0 Å². The molecule has 132 valence electrons. The van der Waals surface area contributed by atoms with Crippen LogP contribution in [0.4, 0.5) is 0 Å². The molecule has 0 saturated heterocycles. The first kappa shape index (κ1) is 17.1. The van der Waals surface area contributed by atoms with Crippen molar-refractivity contribution in [3.05, 3.63) is 56.9 Å². The maximum atomic E-state index is 12.6. The highest BCUT2D eigenvalue weighted by atomic mass is 16.2. The van der Waals surface area contributed by atoms with Gasteiger partial charge in [0.2, 0.25) is 5.69 Å². The van der Waals surface area contributed by atoms with Crippen molar-refractivity contribution in [3.63, 3.8) is 0 Å². The molecule has 3 rings (SSSR count). The summed E-state index contributed by atoms with van der Waals surface area (Å²) in [6, 6.07) is 8.80. The van der Waals surface area contributed by atoms with Gasteiger partial charge in [-0.15, -0.1) is 0 Å². The molecule has 0 bridgehead atoms. The highest BCUT2D eigenvalue weighted by Crippen LogP contribution is 2.17. The minimum Gasteiger partial charge on any atom is -0.348 e. The molecule has 1 heterocycles. The predicted octanol–water partition coefficient (Wildman–Crippen LogP) is 1.38. The molecule has 1 fully saturated rings. The van der Waals surface area contributed by atoms with E-state index in [1.165, 1.54) is 19.9 Å². The smallest absolute Gasteiger partial charge is 0.348 e. The summed E-state index contributed by atoms with van der Waals surface area (Å²) in [5.74, 6) is -0.516. The number of nitrogens with one attached hydrogen (secondary N) is 1. The second-order valence-electron chi connectivity index (χ2n) is 6.40. The molecule has 1 aliphatic carbocycles.